The van der Waals surface area contributed by atoms with Gasteiger partial charge in [0.15, 0.2) is 0 Å². The van der Waals surface area contributed by atoms with E-state index in [9.17, 15) is 4.79 Å². The molecule has 4 nitrogen and oxygen atoms in total. The fourth-order valence-corrected chi connectivity index (χ4v) is 3.37. The lowest BCUT2D eigenvalue weighted by Crippen LogP contribution is -2.25. The van der Waals surface area contributed by atoms with E-state index in [1.807, 2.05) is 18.2 Å². The number of nitrogens with zero attached hydrogens (tertiary/aromatic N) is 2. The minimum atomic E-state index is -0.0770. The molecule has 130 valence electrons. The van der Waals surface area contributed by atoms with Crippen LogP contribution in [-0.2, 0) is 13.1 Å². The second kappa shape index (κ2) is 7.10. The molecular weight excluding hydrogens is 322 g/mol. The van der Waals surface area contributed by atoms with Gasteiger partial charge in [0.25, 0.3) is 5.56 Å². The van der Waals surface area contributed by atoms with Crippen molar-refractivity contribution in [3.05, 3.63) is 88.5 Å². The summed E-state index contributed by atoms with van der Waals surface area (Å²) in [7, 11) is 0. The fraction of sp³-hybridized carbons (Fsp3) is 0.182. The number of H-pyrrole nitrogens is 1. The molecule has 0 atom stereocenters. The molecule has 1 N–H and O–H groups in total. The monoisotopic (exact) mass is 343 g/mol. The van der Waals surface area contributed by atoms with Crippen LogP contribution in [0.5, 0.6) is 0 Å². The molecule has 0 unspecified atom stereocenters. The summed E-state index contributed by atoms with van der Waals surface area (Å²) in [4.78, 5) is 22.1. The van der Waals surface area contributed by atoms with Crippen molar-refractivity contribution in [1.29, 1.82) is 0 Å². The average Bonchev–Trinajstić information content (AvgIpc) is 2.68. The van der Waals surface area contributed by atoms with Gasteiger partial charge >= 0.3 is 0 Å². The molecule has 4 heteroatoms. The molecule has 1 heterocycles. The zero-order chi connectivity index (χ0) is 17.9. The highest BCUT2D eigenvalue weighted by atomic mass is 16.1. The minimum Gasteiger partial charge on any atom is -0.309 e. The first-order valence-corrected chi connectivity index (χ1v) is 8.91. The highest BCUT2D eigenvalue weighted by Gasteiger charge is 2.10. The molecule has 4 rings (SSSR count). The normalized spacial score (nSPS) is 11.5. The molecule has 0 saturated carbocycles. The quantitative estimate of drug-likeness (QED) is 0.593. The van der Waals surface area contributed by atoms with Crippen LogP contribution in [0.15, 0.2) is 71.5 Å². The molecule has 0 radical (unpaired) electrons. The molecule has 0 bridgehead atoms. The summed E-state index contributed by atoms with van der Waals surface area (Å²) >= 11 is 0. The van der Waals surface area contributed by atoms with E-state index >= 15 is 0 Å². The minimum absolute atomic E-state index is 0.0770. The van der Waals surface area contributed by atoms with Gasteiger partial charge in [-0.2, -0.15) is 0 Å². The van der Waals surface area contributed by atoms with Crippen molar-refractivity contribution in [2.75, 3.05) is 6.54 Å². The van der Waals surface area contributed by atoms with E-state index in [1.165, 1.54) is 16.3 Å². The van der Waals surface area contributed by atoms with Gasteiger partial charge in [0.05, 0.1) is 17.4 Å². The topological polar surface area (TPSA) is 49.0 Å². The van der Waals surface area contributed by atoms with Gasteiger partial charge in [-0.1, -0.05) is 61.5 Å². The second-order valence-electron chi connectivity index (χ2n) is 6.47. The van der Waals surface area contributed by atoms with Crippen LogP contribution in [0, 0.1) is 0 Å². The molecule has 4 aromatic rings. The number of aromatic nitrogens is 2. The van der Waals surface area contributed by atoms with Crippen LogP contribution < -0.4 is 5.56 Å². The first kappa shape index (κ1) is 16.5. The molecule has 0 aliphatic carbocycles. The molecule has 0 fully saturated rings. The molecule has 1 aromatic heterocycles. The summed E-state index contributed by atoms with van der Waals surface area (Å²) in [5.74, 6) is 0.704. The van der Waals surface area contributed by atoms with Crippen molar-refractivity contribution in [3.63, 3.8) is 0 Å². The van der Waals surface area contributed by atoms with Gasteiger partial charge in [-0.25, -0.2) is 4.98 Å². The number of para-hydroxylation sites is 1. The van der Waals surface area contributed by atoms with E-state index in [1.54, 1.807) is 6.07 Å². The highest BCUT2D eigenvalue weighted by Crippen LogP contribution is 2.20. The van der Waals surface area contributed by atoms with Gasteiger partial charge in [0, 0.05) is 6.54 Å². The Hall–Kier alpha value is -2.98. The average molecular weight is 343 g/mol. The molecule has 0 saturated heterocycles. The van der Waals surface area contributed by atoms with Crippen LogP contribution in [0.1, 0.15) is 18.3 Å². The standard InChI is InChI=1S/C22H21N3O/c1-2-25(14-17-10-7-9-16-8-3-4-11-18(16)17)15-21-23-20-13-6-5-12-19(20)22(26)24-21/h3-13H,2,14-15H2,1H3,(H,23,24,26). The molecule has 0 aliphatic rings. The van der Waals surface area contributed by atoms with Gasteiger partial charge in [-0.3, -0.25) is 9.69 Å². The molecule has 0 aliphatic heterocycles. The predicted octanol–water partition coefficient (Wildman–Crippen LogP) is 4.10. The first-order chi connectivity index (χ1) is 12.7. The maximum absolute atomic E-state index is 12.3. The third-order valence-corrected chi connectivity index (χ3v) is 4.76. The number of hydrogen-bond acceptors (Lipinski definition) is 3. The van der Waals surface area contributed by atoms with Crippen molar-refractivity contribution >= 4 is 21.7 Å². The molecule has 0 amide bonds. The molecule has 3 aromatic carbocycles. The van der Waals surface area contributed by atoms with Crippen molar-refractivity contribution in [2.45, 2.75) is 20.0 Å². The smallest absolute Gasteiger partial charge is 0.258 e. The Kier molecular flexibility index (Phi) is 4.50. The summed E-state index contributed by atoms with van der Waals surface area (Å²) in [5.41, 5.74) is 1.95. The summed E-state index contributed by atoms with van der Waals surface area (Å²) in [6.07, 6.45) is 0. The van der Waals surface area contributed by atoms with Crippen molar-refractivity contribution in [3.8, 4) is 0 Å². The predicted molar refractivity (Wildman–Crippen MR) is 106 cm³/mol. The van der Waals surface area contributed by atoms with Crippen LogP contribution in [-0.4, -0.2) is 21.4 Å². The summed E-state index contributed by atoms with van der Waals surface area (Å²) in [5, 5.41) is 3.15. The Bertz CT molecular complexity index is 1110. The van der Waals surface area contributed by atoms with Gasteiger partial charge in [-0.15, -0.1) is 0 Å². The van der Waals surface area contributed by atoms with Crippen molar-refractivity contribution < 1.29 is 0 Å². The third kappa shape index (κ3) is 3.24. The maximum atomic E-state index is 12.3. The molecular formula is C22H21N3O. The summed E-state index contributed by atoms with van der Waals surface area (Å²) in [6.45, 7) is 4.43. The number of rotatable bonds is 5. The van der Waals surface area contributed by atoms with Gasteiger partial charge in [0.2, 0.25) is 0 Å². The maximum Gasteiger partial charge on any atom is 0.258 e. The number of nitrogens with one attached hydrogen (secondary N) is 1. The lowest BCUT2D eigenvalue weighted by Gasteiger charge is -2.21. The van der Waals surface area contributed by atoms with E-state index in [4.69, 9.17) is 0 Å². The Balaban J connectivity index is 1.63. The van der Waals surface area contributed by atoms with E-state index in [0.29, 0.717) is 17.8 Å². The molecule has 26 heavy (non-hydrogen) atoms. The number of hydrogen-bond donors (Lipinski definition) is 1. The highest BCUT2D eigenvalue weighted by molar-refractivity contribution is 5.85. The number of benzene rings is 3. The van der Waals surface area contributed by atoms with Crippen LogP contribution in [0.3, 0.4) is 0 Å². The van der Waals surface area contributed by atoms with Crippen molar-refractivity contribution in [2.24, 2.45) is 0 Å². The lowest BCUT2D eigenvalue weighted by molar-refractivity contribution is 0.265. The lowest BCUT2D eigenvalue weighted by atomic mass is 10.0. The zero-order valence-corrected chi connectivity index (χ0v) is 14.8. The summed E-state index contributed by atoms with van der Waals surface area (Å²) in [6, 6.07) is 22.3. The van der Waals surface area contributed by atoms with E-state index < -0.39 is 0 Å². The van der Waals surface area contributed by atoms with Crippen LogP contribution in [0.25, 0.3) is 21.7 Å². The molecule has 0 spiro atoms. The van der Waals surface area contributed by atoms with E-state index in [2.05, 4.69) is 64.3 Å². The van der Waals surface area contributed by atoms with Crippen LogP contribution >= 0.6 is 0 Å². The largest absolute Gasteiger partial charge is 0.309 e. The second-order valence-corrected chi connectivity index (χ2v) is 6.47. The Morgan fingerprint density at radius 2 is 1.62 bits per heavy atom. The Labute approximate surface area is 152 Å². The SMILES string of the molecule is CCN(Cc1nc2ccccc2c(=O)[nH]1)Cc1cccc2ccccc12. The van der Waals surface area contributed by atoms with Crippen LogP contribution in [0.2, 0.25) is 0 Å². The van der Waals surface area contributed by atoms with Crippen molar-refractivity contribution in [1.82, 2.24) is 14.9 Å². The van der Waals surface area contributed by atoms with E-state index in [0.717, 1.165) is 18.6 Å². The van der Waals surface area contributed by atoms with E-state index in [-0.39, 0.29) is 5.56 Å². The van der Waals surface area contributed by atoms with Crippen LogP contribution in [0.4, 0.5) is 0 Å². The Morgan fingerprint density at radius 1 is 0.885 bits per heavy atom. The fourth-order valence-electron chi connectivity index (χ4n) is 3.37. The van der Waals surface area contributed by atoms with Gasteiger partial charge < -0.3 is 4.98 Å². The Morgan fingerprint density at radius 3 is 2.46 bits per heavy atom. The van der Waals surface area contributed by atoms with Gasteiger partial charge in [-0.05, 0) is 35.0 Å². The first-order valence-electron chi connectivity index (χ1n) is 8.91. The number of aromatic amines is 1. The van der Waals surface area contributed by atoms with Gasteiger partial charge in [0.1, 0.15) is 5.82 Å². The summed E-state index contributed by atoms with van der Waals surface area (Å²) < 4.78 is 0. The number of fused-ring (bicyclic) bond motifs is 2. The zero-order valence-electron chi connectivity index (χ0n) is 14.8. The third-order valence-electron chi connectivity index (χ3n) is 4.76.